The van der Waals surface area contributed by atoms with Crippen molar-refractivity contribution < 1.29 is 0 Å². The van der Waals surface area contributed by atoms with Crippen molar-refractivity contribution in [2.45, 2.75) is 0 Å². The van der Waals surface area contributed by atoms with E-state index < -0.39 is 0 Å². The van der Waals surface area contributed by atoms with Gasteiger partial charge in [-0.2, -0.15) is 10.5 Å². The monoisotopic (exact) mass is 967 g/mol. The molecule has 9 nitrogen and oxygen atoms in total. The molecule has 0 fully saturated rings. The van der Waals surface area contributed by atoms with Crippen molar-refractivity contribution in [1.29, 1.82) is 10.5 Å². The van der Waals surface area contributed by atoms with Crippen molar-refractivity contribution in [1.82, 2.24) is 24.1 Å². The maximum atomic E-state index is 9.85. The number of aromatic nitrogens is 5. The first-order chi connectivity index (χ1) is 37.5. The van der Waals surface area contributed by atoms with Gasteiger partial charge in [-0.1, -0.05) is 158 Å². The van der Waals surface area contributed by atoms with E-state index >= 15 is 0 Å². The average molecular weight is 968 g/mol. The molecule has 0 aliphatic rings. The molecule has 350 valence electrons. The fraction of sp³-hybridized carbons (Fsp3) is 0. The third-order valence-corrected chi connectivity index (χ3v) is 14.0. The maximum Gasteiger partial charge on any atom is 0.177 e. The Kier molecular flexibility index (Phi) is 10.8. The lowest BCUT2D eigenvalue weighted by Gasteiger charge is -2.20. The largest absolute Gasteiger partial charge is 0.309 e. The highest BCUT2D eigenvalue weighted by Gasteiger charge is 2.23. The first-order valence-electron chi connectivity index (χ1n) is 24.5. The quantitative estimate of drug-likeness (QED) is 0.141. The van der Waals surface area contributed by atoms with Gasteiger partial charge < -0.3 is 9.13 Å². The molecule has 0 atom stereocenters. The number of hydrogen-bond acceptors (Lipinski definition) is 5. The molecule has 0 saturated carbocycles. The lowest BCUT2D eigenvalue weighted by molar-refractivity contribution is 1.07. The first kappa shape index (κ1) is 44.7. The summed E-state index contributed by atoms with van der Waals surface area (Å²) in [6, 6.07) is 79.5. The summed E-state index contributed by atoms with van der Waals surface area (Å²) in [6.45, 7) is 15.6. The van der Waals surface area contributed by atoms with Crippen molar-refractivity contribution in [3.63, 3.8) is 0 Å². The van der Waals surface area contributed by atoms with E-state index in [1.165, 1.54) is 0 Å². The van der Waals surface area contributed by atoms with Gasteiger partial charge in [0.15, 0.2) is 28.8 Å². The third-order valence-electron chi connectivity index (χ3n) is 14.0. The smallest absolute Gasteiger partial charge is 0.177 e. The molecule has 0 amide bonds. The highest BCUT2D eigenvalue weighted by molar-refractivity contribution is 6.13. The summed E-state index contributed by atoms with van der Waals surface area (Å²) in [5, 5.41) is 23.8. The summed E-state index contributed by atoms with van der Waals surface area (Å²) in [7, 11) is 0. The maximum absolute atomic E-state index is 9.85. The van der Waals surface area contributed by atoms with Crippen LogP contribution < -0.4 is 0 Å². The van der Waals surface area contributed by atoms with E-state index in [4.69, 9.17) is 28.1 Å². The van der Waals surface area contributed by atoms with Crippen LogP contribution in [0.4, 0.5) is 11.4 Å². The van der Waals surface area contributed by atoms with Crippen LogP contribution in [-0.4, -0.2) is 24.1 Å². The van der Waals surface area contributed by atoms with Crippen LogP contribution in [0.1, 0.15) is 11.1 Å². The van der Waals surface area contributed by atoms with Crippen LogP contribution in [0.2, 0.25) is 0 Å². The predicted octanol–water partition coefficient (Wildman–Crippen LogP) is 16.9. The van der Waals surface area contributed by atoms with E-state index in [0.29, 0.717) is 40.0 Å². The minimum atomic E-state index is 0.415. The number of para-hydroxylation sites is 3. The fourth-order valence-corrected chi connectivity index (χ4v) is 10.6. The molecule has 9 heteroatoms. The molecule has 13 aromatic rings. The first-order valence-corrected chi connectivity index (χ1v) is 24.5. The second-order valence-corrected chi connectivity index (χ2v) is 18.4. The van der Waals surface area contributed by atoms with Crippen LogP contribution in [-0.2, 0) is 0 Å². The molecule has 0 spiro atoms. The van der Waals surface area contributed by atoms with Gasteiger partial charge in [-0.05, 0) is 89.0 Å². The fourth-order valence-electron chi connectivity index (χ4n) is 10.6. The Morgan fingerprint density at radius 1 is 0.329 bits per heavy atom. The molecule has 76 heavy (non-hydrogen) atoms. The van der Waals surface area contributed by atoms with Crippen LogP contribution >= 0.6 is 0 Å². The lowest BCUT2D eigenvalue weighted by atomic mass is 9.98. The van der Waals surface area contributed by atoms with E-state index in [1.807, 2.05) is 84.9 Å². The van der Waals surface area contributed by atoms with Gasteiger partial charge in [-0.15, -0.1) is 0 Å². The molecular formula is C67H37N9. The van der Waals surface area contributed by atoms with Gasteiger partial charge in [-0.25, -0.2) is 24.6 Å². The minimum absolute atomic E-state index is 0.415. The number of benzene rings is 10. The van der Waals surface area contributed by atoms with Gasteiger partial charge in [0.05, 0.1) is 69.9 Å². The molecular weight excluding hydrogens is 931 g/mol. The molecule has 0 bridgehead atoms. The van der Waals surface area contributed by atoms with Crippen molar-refractivity contribution in [2.24, 2.45) is 0 Å². The van der Waals surface area contributed by atoms with Gasteiger partial charge in [0.2, 0.25) is 0 Å². The standard InChI is InChI=1S/C67H37N9/c1-70-51-34-50(35-52(39-51)71-2)47-27-30-63-58(37-47)55-21-11-14-24-61(55)76(63)64-38-48(67-73-65(44-15-5-3-6-16-44)72-66(74-67)45-17-7-4-8-18-45)25-28-56(64)53-19-9-12-22-59(53)75-60-23-13-10-20-54(60)57-36-46(26-29-62(57)75)49-32-42(40-68)31-43(33-49)41-69/h3-39H. The molecule has 0 aliphatic heterocycles. The van der Waals surface area contributed by atoms with E-state index in [-0.39, 0.29) is 0 Å². The Morgan fingerprint density at radius 3 is 1.30 bits per heavy atom. The van der Waals surface area contributed by atoms with Gasteiger partial charge >= 0.3 is 0 Å². The van der Waals surface area contributed by atoms with E-state index in [2.05, 4.69) is 158 Å². The van der Waals surface area contributed by atoms with Crippen molar-refractivity contribution in [3.05, 3.63) is 258 Å². The Bertz CT molecular complexity index is 4570. The average Bonchev–Trinajstić information content (AvgIpc) is 4.06. The summed E-state index contributed by atoms with van der Waals surface area (Å²) >= 11 is 0. The predicted molar refractivity (Wildman–Crippen MR) is 303 cm³/mol. The van der Waals surface area contributed by atoms with Gasteiger partial charge in [0, 0.05) is 49.4 Å². The molecule has 3 aromatic heterocycles. The number of rotatable bonds is 8. The Morgan fingerprint density at radius 2 is 0.763 bits per heavy atom. The van der Waals surface area contributed by atoms with Crippen LogP contribution in [0.5, 0.6) is 0 Å². The van der Waals surface area contributed by atoms with Crippen molar-refractivity contribution in [3.8, 4) is 91.1 Å². The van der Waals surface area contributed by atoms with Crippen LogP contribution in [0.25, 0.3) is 132 Å². The zero-order chi connectivity index (χ0) is 51.3. The molecule has 0 unspecified atom stereocenters. The SMILES string of the molecule is [C-]#[N+]c1cc([N+]#[C-])cc(-c2ccc3c(c2)c2ccccc2n3-c2cc(-c3nc(-c4ccccc4)nc(-c4ccccc4)n3)ccc2-c2ccccc2-n2c3ccccc3c3cc(-c4cc(C#N)cc(C#N)c4)ccc32)c1. The highest BCUT2D eigenvalue weighted by Crippen LogP contribution is 2.44. The zero-order valence-electron chi connectivity index (χ0n) is 40.4. The van der Waals surface area contributed by atoms with Crippen LogP contribution in [0, 0.1) is 35.8 Å². The molecule has 3 heterocycles. The van der Waals surface area contributed by atoms with Gasteiger partial charge in [0.25, 0.3) is 0 Å². The summed E-state index contributed by atoms with van der Waals surface area (Å²) in [4.78, 5) is 22.8. The molecule has 0 aliphatic carbocycles. The topological polar surface area (TPSA) is 105 Å². The summed E-state index contributed by atoms with van der Waals surface area (Å²) in [6.07, 6.45) is 0. The molecule has 10 aromatic carbocycles. The minimum Gasteiger partial charge on any atom is -0.309 e. The van der Waals surface area contributed by atoms with Gasteiger partial charge in [0.1, 0.15) is 0 Å². The lowest BCUT2D eigenvalue weighted by Crippen LogP contribution is -2.03. The summed E-state index contributed by atoms with van der Waals surface area (Å²) in [5.41, 5.74) is 15.4. The molecule has 13 rings (SSSR count). The van der Waals surface area contributed by atoms with E-state index in [0.717, 1.165) is 105 Å². The Balaban J connectivity index is 1.07. The summed E-state index contributed by atoms with van der Waals surface area (Å²) in [5.74, 6) is 1.64. The van der Waals surface area contributed by atoms with Crippen LogP contribution in [0.15, 0.2) is 224 Å². The molecule has 0 saturated heterocycles. The third kappa shape index (κ3) is 7.66. The van der Waals surface area contributed by atoms with E-state index in [9.17, 15) is 10.5 Å². The molecule has 0 radical (unpaired) electrons. The van der Waals surface area contributed by atoms with Crippen molar-refractivity contribution >= 4 is 55.0 Å². The number of fused-ring (bicyclic) bond motifs is 6. The second kappa shape index (κ2) is 18.4. The zero-order valence-corrected chi connectivity index (χ0v) is 40.4. The Labute approximate surface area is 437 Å². The normalized spacial score (nSPS) is 11.1. The second-order valence-electron chi connectivity index (χ2n) is 18.4. The molecule has 0 N–H and O–H groups in total. The Hall–Kier alpha value is -11.2. The van der Waals surface area contributed by atoms with Gasteiger partial charge in [-0.3, -0.25) is 0 Å². The summed E-state index contributed by atoms with van der Waals surface area (Å²) < 4.78 is 4.65. The number of hydrogen-bond donors (Lipinski definition) is 0. The number of nitriles is 2. The van der Waals surface area contributed by atoms with E-state index in [1.54, 1.807) is 12.1 Å². The number of nitrogens with zero attached hydrogens (tertiary/aromatic N) is 9. The highest BCUT2D eigenvalue weighted by atomic mass is 15.0. The van der Waals surface area contributed by atoms with Crippen molar-refractivity contribution in [2.75, 3.05) is 0 Å². The van der Waals surface area contributed by atoms with Crippen LogP contribution in [0.3, 0.4) is 0 Å².